The molecule has 0 spiro atoms. The molecule has 6 heteroatoms. The van der Waals surface area contributed by atoms with Gasteiger partial charge in [0.05, 0.1) is 24.3 Å². The van der Waals surface area contributed by atoms with Crippen LogP contribution in [0.15, 0.2) is 30.3 Å². The molecule has 0 aliphatic carbocycles. The smallest absolute Gasteiger partial charge is 0.340 e. The number of ether oxygens (including phenoxy) is 1. The van der Waals surface area contributed by atoms with E-state index < -0.39 is 12.1 Å². The van der Waals surface area contributed by atoms with E-state index in [0.717, 1.165) is 5.56 Å². The predicted octanol–water partition coefficient (Wildman–Crippen LogP) is 2.76. The molecule has 1 fully saturated rings. The second kappa shape index (κ2) is 7.33. The van der Waals surface area contributed by atoms with Crippen LogP contribution in [-0.4, -0.2) is 46.1 Å². The second-order valence-corrected chi connectivity index (χ2v) is 6.62. The van der Waals surface area contributed by atoms with Crippen LogP contribution in [0.5, 0.6) is 0 Å². The highest BCUT2D eigenvalue weighted by atomic mass is 16.5. The minimum absolute atomic E-state index is 0.187. The Morgan fingerprint density at radius 2 is 1.96 bits per heavy atom. The van der Waals surface area contributed by atoms with Gasteiger partial charge in [-0.1, -0.05) is 30.3 Å². The number of aryl methyl sites for hydroxylation is 1. The molecule has 6 nitrogen and oxygen atoms in total. The molecule has 1 aromatic carbocycles. The van der Waals surface area contributed by atoms with Crippen LogP contribution < -0.4 is 0 Å². The van der Waals surface area contributed by atoms with Gasteiger partial charge in [0, 0.05) is 12.2 Å². The van der Waals surface area contributed by atoms with E-state index in [0.29, 0.717) is 28.9 Å². The Bertz CT molecular complexity index is 813. The Hall–Kier alpha value is -2.60. The zero-order valence-corrected chi connectivity index (χ0v) is 15.3. The van der Waals surface area contributed by atoms with Gasteiger partial charge in [0.15, 0.2) is 0 Å². The molecular weight excluding hydrogens is 332 g/mol. The molecule has 1 aromatic heterocycles. The topological polar surface area (TPSA) is 82.6 Å². The van der Waals surface area contributed by atoms with Crippen molar-refractivity contribution in [3.63, 3.8) is 0 Å². The molecule has 0 saturated carbocycles. The molecule has 2 atom stereocenters. The van der Waals surface area contributed by atoms with Crippen molar-refractivity contribution in [3.05, 3.63) is 58.4 Å². The van der Waals surface area contributed by atoms with Crippen molar-refractivity contribution >= 4 is 11.9 Å². The highest BCUT2D eigenvalue weighted by molar-refractivity contribution is 6.00. The molecule has 2 unspecified atom stereocenters. The fourth-order valence-corrected chi connectivity index (χ4v) is 3.65. The first-order valence-electron chi connectivity index (χ1n) is 8.84. The number of nitrogens with one attached hydrogen (secondary N) is 1. The largest absolute Gasteiger partial charge is 0.462 e. The van der Waals surface area contributed by atoms with Crippen LogP contribution in [0.3, 0.4) is 0 Å². The summed E-state index contributed by atoms with van der Waals surface area (Å²) >= 11 is 0. The van der Waals surface area contributed by atoms with Gasteiger partial charge in [-0.25, -0.2) is 4.79 Å². The molecule has 0 bridgehead atoms. The SMILES string of the molecule is CCOC(=O)c1c(C)[nH]c(C(=O)N2CC(O)CC2c2ccccc2)c1C. The van der Waals surface area contributed by atoms with E-state index in [1.165, 1.54) is 0 Å². The van der Waals surface area contributed by atoms with Gasteiger partial charge in [0.25, 0.3) is 5.91 Å². The molecule has 2 heterocycles. The standard InChI is InChI=1S/C20H24N2O4/c1-4-26-20(25)17-12(2)18(21-13(17)3)19(24)22-11-15(23)10-16(22)14-8-6-5-7-9-14/h5-9,15-16,21,23H,4,10-11H2,1-3H3. The van der Waals surface area contributed by atoms with E-state index in [1.807, 2.05) is 30.3 Å². The van der Waals surface area contributed by atoms with Crippen molar-refractivity contribution in [1.29, 1.82) is 0 Å². The molecular formula is C20H24N2O4. The van der Waals surface area contributed by atoms with Crippen LogP contribution in [0.1, 0.15) is 57.1 Å². The number of aliphatic hydroxyl groups excluding tert-OH is 1. The monoisotopic (exact) mass is 356 g/mol. The van der Waals surface area contributed by atoms with Crippen molar-refractivity contribution in [3.8, 4) is 0 Å². The Balaban J connectivity index is 1.93. The molecule has 1 aliphatic rings. The summed E-state index contributed by atoms with van der Waals surface area (Å²) in [6.07, 6.45) is -0.0655. The van der Waals surface area contributed by atoms with E-state index in [2.05, 4.69) is 4.98 Å². The van der Waals surface area contributed by atoms with Crippen LogP contribution in [0.2, 0.25) is 0 Å². The van der Waals surface area contributed by atoms with Gasteiger partial charge in [-0.15, -0.1) is 0 Å². The summed E-state index contributed by atoms with van der Waals surface area (Å²) in [5, 5.41) is 10.1. The third-order valence-electron chi connectivity index (χ3n) is 4.86. The first kappa shape index (κ1) is 18.2. The average molecular weight is 356 g/mol. The molecule has 3 rings (SSSR count). The number of aromatic nitrogens is 1. The third kappa shape index (κ3) is 3.24. The van der Waals surface area contributed by atoms with Gasteiger partial charge in [-0.3, -0.25) is 4.79 Å². The molecule has 2 N–H and O–H groups in total. The number of carbonyl (C=O) groups is 2. The van der Waals surface area contributed by atoms with Crippen LogP contribution >= 0.6 is 0 Å². The number of amides is 1. The first-order chi connectivity index (χ1) is 12.4. The van der Waals surface area contributed by atoms with Crippen molar-refractivity contribution in [2.24, 2.45) is 0 Å². The lowest BCUT2D eigenvalue weighted by Crippen LogP contribution is -2.32. The number of rotatable bonds is 4. The van der Waals surface area contributed by atoms with Gasteiger partial charge in [0.1, 0.15) is 5.69 Å². The van der Waals surface area contributed by atoms with E-state index in [1.54, 1.807) is 25.7 Å². The number of H-pyrrole nitrogens is 1. The molecule has 1 saturated heterocycles. The Morgan fingerprint density at radius 3 is 2.62 bits per heavy atom. The van der Waals surface area contributed by atoms with Crippen molar-refractivity contribution in [2.45, 2.75) is 39.3 Å². The van der Waals surface area contributed by atoms with Crippen LogP contribution in [0.25, 0.3) is 0 Å². The lowest BCUT2D eigenvalue weighted by molar-refractivity contribution is 0.0525. The van der Waals surface area contributed by atoms with Gasteiger partial charge in [0.2, 0.25) is 0 Å². The summed E-state index contributed by atoms with van der Waals surface area (Å²) in [6.45, 7) is 5.79. The van der Waals surface area contributed by atoms with Crippen LogP contribution in [-0.2, 0) is 4.74 Å². The normalized spacial score (nSPS) is 19.6. The lowest BCUT2D eigenvalue weighted by Gasteiger charge is -2.24. The number of aromatic amines is 1. The summed E-state index contributed by atoms with van der Waals surface area (Å²) in [7, 11) is 0. The number of esters is 1. The second-order valence-electron chi connectivity index (χ2n) is 6.62. The van der Waals surface area contributed by atoms with E-state index in [4.69, 9.17) is 4.74 Å². The van der Waals surface area contributed by atoms with Crippen molar-refractivity contribution in [2.75, 3.05) is 13.2 Å². The molecule has 1 amide bonds. The fourth-order valence-electron chi connectivity index (χ4n) is 3.65. The van der Waals surface area contributed by atoms with E-state index in [-0.39, 0.29) is 25.1 Å². The molecule has 0 radical (unpaired) electrons. The molecule has 26 heavy (non-hydrogen) atoms. The summed E-state index contributed by atoms with van der Waals surface area (Å²) in [5.41, 5.74) is 2.97. The number of carbonyl (C=O) groups excluding carboxylic acids is 2. The number of nitrogens with zero attached hydrogens (tertiary/aromatic N) is 1. The van der Waals surface area contributed by atoms with Crippen LogP contribution in [0, 0.1) is 13.8 Å². The maximum absolute atomic E-state index is 13.2. The minimum atomic E-state index is -0.565. The summed E-state index contributed by atoms with van der Waals surface area (Å²) in [6, 6.07) is 9.50. The number of aliphatic hydroxyl groups is 1. The minimum Gasteiger partial charge on any atom is -0.462 e. The predicted molar refractivity (Wildman–Crippen MR) is 97.1 cm³/mol. The average Bonchev–Trinajstić information content (AvgIpc) is 3.15. The number of hydrogen-bond acceptors (Lipinski definition) is 4. The maximum atomic E-state index is 13.2. The van der Waals surface area contributed by atoms with Gasteiger partial charge >= 0.3 is 5.97 Å². The summed E-state index contributed by atoms with van der Waals surface area (Å²) < 4.78 is 5.09. The van der Waals surface area contributed by atoms with Crippen LogP contribution in [0.4, 0.5) is 0 Å². The van der Waals surface area contributed by atoms with Gasteiger partial charge < -0.3 is 19.7 Å². The zero-order chi connectivity index (χ0) is 18.8. The molecule has 1 aliphatic heterocycles. The maximum Gasteiger partial charge on any atom is 0.340 e. The Morgan fingerprint density at radius 1 is 1.27 bits per heavy atom. The number of β-amino-alcohol motifs (C(OH)–C–C–N with tert-alkyl or cyclic N) is 1. The zero-order valence-electron chi connectivity index (χ0n) is 15.3. The number of benzene rings is 1. The lowest BCUT2D eigenvalue weighted by atomic mass is 10.0. The van der Waals surface area contributed by atoms with Gasteiger partial charge in [-0.05, 0) is 38.3 Å². The van der Waals surface area contributed by atoms with E-state index >= 15 is 0 Å². The molecule has 2 aromatic rings. The number of hydrogen-bond donors (Lipinski definition) is 2. The van der Waals surface area contributed by atoms with Gasteiger partial charge in [-0.2, -0.15) is 0 Å². The first-order valence-corrected chi connectivity index (χ1v) is 8.84. The highest BCUT2D eigenvalue weighted by Crippen LogP contribution is 2.34. The highest BCUT2D eigenvalue weighted by Gasteiger charge is 2.37. The Kier molecular flexibility index (Phi) is 5.13. The fraction of sp³-hybridized carbons (Fsp3) is 0.400. The van der Waals surface area contributed by atoms with E-state index in [9.17, 15) is 14.7 Å². The Labute approximate surface area is 152 Å². The van der Waals surface area contributed by atoms with Crippen molar-refractivity contribution in [1.82, 2.24) is 9.88 Å². The number of likely N-dealkylation sites (tertiary alicyclic amines) is 1. The summed E-state index contributed by atoms with van der Waals surface area (Å²) in [4.78, 5) is 30.1. The van der Waals surface area contributed by atoms with Crippen molar-refractivity contribution < 1.29 is 19.4 Å². The summed E-state index contributed by atoms with van der Waals surface area (Å²) in [5.74, 6) is -0.648. The molecule has 138 valence electrons. The third-order valence-corrected chi connectivity index (χ3v) is 4.86. The quantitative estimate of drug-likeness (QED) is 0.825.